The zero-order chi connectivity index (χ0) is 26.2. The molecule has 3 aromatic rings. The van der Waals surface area contributed by atoms with Gasteiger partial charge in [0.05, 0.1) is 5.56 Å². The number of aliphatic hydroxyl groups is 1. The highest BCUT2D eigenvalue weighted by molar-refractivity contribution is 5.95. The molecule has 2 amide bonds. The number of benzene rings is 3. The van der Waals surface area contributed by atoms with Crippen molar-refractivity contribution in [2.45, 2.75) is 30.6 Å². The molecule has 1 saturated heterocycles. The van der Waals surface area contributed by atoms with Crippen molar-refractivity contribution in [2.75, 3.05) is 13.7 Å². The van der Waals surface area contributed by atoms with Crippen LogP contribution < -0.4 is 10.6 Å². The molecule has 0 spiro atoms. The van der Waals surface area contributed by atoms with Gasteiger partial charge in [-0.1, -0.05) is 54.6 Å². The molecule has 4 rings (SSSR count). The van der Waals surface area contributed by atoms with Gasteiger partial charge in [0.15, 0.2) is 12.4 Å². The van der Waals surface area contributed by atoms with E-state index in [9.17, 15) is 19.5 Å². The van der Waals surface area contributed by atoms with Gasteiger partial charge in [0.25, 0.3) is 11.8 Å². The van der Waals surface area contributed by atoms with Gasteiger partial charge in [-0.25, -0.2) is 4.79 Å². The maximum atomic E-state index is 12.9. The molecule has 1 heterocycles. The van der Waals surface area contributed by atoms with E-state index in [1.54, 1.807) is 91.0 Å². The second-order valence-corrected chi connectivity index (χ2v) is 8.44. The number of amides is 2. The highest BCUT2D eigenvalue weighted by Crippen LogP contribution is 2.26. The van der Waals surface area contributed by atoms with Crippen molar-refractivity contribution < 1.29 is 33.7 Å². The lowest BCUT2D eigenvalue weighted by atomic mass is 9.95. The molecule has 1 aliphatic heterocycles. The fourth-order valence-corrected chi connectivity index (χ4v) is 4.14. The molecule has 1 fully saturated rings. The standard InChI is InChI=1S/C28H28N2O7/c1-35-24-22(30-26(32)19-13-7-3-8-14-19)28(34)36-21(17-29-25(31)18-11-5-2-6-12-18)23(24)37-27(33)20-15-9-4-10-16-20/h2-16,21-24,28,34H,17H2,1H3,(H,29,31)(H,30,32)/t21-,22+,23-,24-,28-/m0/s1. The van der Waals surface area contributed by atoms with E-state index in [0.29, 0.717) is 16.7 Å². The van der Waals surface area contributed by atoms with Crippen LogP contribution in [0.2, 0.25) is 0 Å². The predicted molar refractivity (Wildman–Crippen MR) is 134 cm³/mol. The Balaban J connectivity index is 1.55. The quantitative estimate of drug-likeness (QED) is 0.402. The molecular weight excluding hydrogens is 476 g/mol. The molecule has 0 radical (unpaired) electrons. The number of rotatable bonds is 8. The first-order valence-electron chi connectivity index (χ1n) is 11.8. The molecule has 9 heteroatoms. The van der Waals surface area contributed by atoms with Crippen LogP contribution in [0.15, 0.2) is 91.0 Å². The van der Waals surface area contributed by atoms with Crippen molar-refractivity contribution >= 4 is 17.8 Å². The van der Waals surface area contributed by atoms with Gasteiger partial charge in [0.2, 0.25) is 0 Å². The van der Waals surface area contributed by atoms with Crippen molar-refractivity contribution in [3.05, 3.63) is 108 Å². The van der Waals surface area contributed by atoms with E-state index in [1.165, 1.54) is 7.11 Å². The smallest absolute Gasteiger partial charge is 0.338 e. The van der Waals surface area contributed by atoms with E-state index in [1.807, 2.05) is 0 Å². The average molecular weight is 505 g/mol. The van der Waals surface area contributed by atoms with E-state index < -0.39 is 42.5 Å². The van der Waals surface area contributed by atoms with Crippen LogP contribution in [0.1, 0.15) is 31.1 Å². The van der Waals surface area contributed by atoms with Crippen molar-refractivity contribution in [1.29, 1.82) is 0 Å². The molecule has 0 bridgehead atoms. The summed E-state index contributed by atoms with van der Waals surface area (Å²) in [6, 6.07) is 24.4. The lowest BCUT2D eigenvalue weighted by Crippen LogP contribution is -2.66. The van der Waals surface area contributed by atoms with E-state index in [4.69, 9.17) is 14.2 Å². The second-order valence-electron chi connectivity index (χ2n) is 8.44. The van der Waals surface area contributed by atoms with Gasteiger partial charge in [0.1, 0.15) is 18.2 Å². The molecule has 0 aliphatic carbocycles. The molecule has 0 unspecified atom stereocenters. The molecule has 0 aromatic heterocycles. The Morgan fingerprint density at radius 3 is 1.84 bits per heavy atom. The number of nitrogens with one attached hydrogen (secondary N) is 2. The summed E-state index contributed by atoms with van der Waals surface area (Å²) in [7, 11) is 1.38. The maximum Gasteiger partial charge on any atom is 0.338 e. The van der Waals surface area contributed by atoms with E-state index >= 15 is 0 Å². The van der Waals surface area contributed by atoms with Gasteiger partial charge < -0.3 is 30.0 Å². The number of aliphatic hydroxyl groups excluding tert-OH is 1. The van der Waals surface area contributed by atoms with E-state index in [0.717, 1.165) is 0 Å². The molecule has 3 N–H and O–H groups in total. The van der Waals surface area contributed by atoms with Crippen LogP contribution in [0.3, 0.4) is 0 Å². The third kappa shape index (κ3) is 6.39. The molecule has 1 aliphatic rings. The Bertz CT molecular complexity index is 1190. The Kier molecular flexibility index (Phi) is 8.63. The number of carbonyl (C=O) groups excluding carboxylic acids is 3. The molecule has 9 nitrogen and oxygen atoms in total. The van der Waals surface area contributed by atoms with Gasteiger partial charge in [-0.05, 0) is 36.4 Å². The molecular formula is C28H28N2O7. The highest BCUT2D eigenvalue weighted by Gasteiger charge is 2.48. The first kappa shape index (κ1) is 26.0. The van der Waals surface area contributed by atoms with Crippen molar-refractivity contribution in [3.8, 4) is 0 Å². The average Bonchev–Trinajstić information content (AvgIpc) is 2.95. The van der Waals surface area contributed by atoms with Crippen molar-refractivity contribution in [1.82, 2.24) is 10.6 Å². The molecule has 192 valence electrons. The van der Waals surface area contributed by atoms with Crippen LogP contribution in [0.5, 0.6) is 0 Å². The summed E-state index contributed by atoms with van der Waals surface area (Å²) in [4.78, 5) is 38.4. The van der Waals surface area contributed by atoms with E-state index in [2.05, 4.69) is 10.6 Å². The van der Waals surface area contributed by atoms with Crippen molar-refractivity contribution in [2.24, 2.45) is 0 Å². The fourth-order valence-electron chi connectivity index (χ4n) is 4.14. The number of esters is 1. The fraction of sp³-hybridized carbons (Fsp3) is 0.250. The summed E-state index contributed by atoms with van der Waals surface area (Å²) in [5.74, 6) is -1.46. The zero-order valence-electron chi connectivity index (χ0n) is 20.2. The Labute approximate surface area is 214 Å². The van der Waals surface area contributed by atoms with Crippen LogP contribution in [0.4, 0.5) is 0 Å². The third-order valence-corrected chi connectivity index (χ3v) is 6.02. The SMILES string of the molecule is CO[C@H]1[C@@H](NC(=O)c2ccccc2)[C@@H](O)O[C@@H](CNC(=O)c2ccccc2)[C@@H]1OC(=O)c1ccccc1. The first-order valence-corrected chi connectivity index (χ1v) is 11.8. The number of ether oxygens (including phenoxy) is 3. The highest BCUT2D eigenvalue weighted by atomic mass is 16.6. The van der Waals surface area contributed by atoms with Gasteiger partial charge in [-0.15, -0.1) is 0 Å². The van der Waals surface area contributed by atoms with Gasteiger partial charge in [-0.2, -0.15) is 0 Å². The summed E-state index contributed by atoms with van der Waals surface area (Å²) >= 11 is 0. The summed E-state index contributed by atoms with van der Waals surface area (Å²) in [5.41, 5.74) is 1.12. The van der Waals surface area contributed by atoms with E-state index in [-0.39, 0.29) is 12.5 Å². The minimum absolute atomic E-state index is 0.0866. The van der Waals surface area contributed by atoms with Crippen molar-refractivity contribution in [3.63, 3.8) is 0 Å². The molecule has 0 saturated carbocycles. The Morgan fingerprint density at radius 1 is 0.784 bits per heavy atom. The summed E-state index contributed by atoms with van der Waals surface area (Å²) in [6.07, 6.45) is -4.52. The molecule has 37 heavy (non-hydrogen) atoms. The topological polar surface area (TPSA) is 123 Å². The van der Waals surface area contributed by atoms with Gasteiger partial charge in [-0.3, -0.25) is 9.59 Å². The molecule has 3 aromatic carbocycles. The maximum absolute atomic E-state index is 12.9. The number of hydrogen-bond donors (Lipinski definition) is 3. The number of hydrogen-bond acceptors (Lipinski definition) is 7. The first-order chi connectivity index (χ1) is 18.0. The minimum Gasteiger partial charge on any atom is -0.453 e. The zero-order valence-corrected chi connectivity index (χ0v) is 20.2. The summed E-state index contributed by atoms with van der Waals surface area (Å²) in [5, 5.41) is 16.3. The van der Waals surface area contributed by atoms with Gasteiger partial charge >= 0.3 is 5.97 Å². The van der Waals surface area contributed by atoms with Gasteiger partial charge in [0, 0.05) is 24.8 Å². The van der Waals surface area contributed by atoms with Crippen LogP contribution in [-0.4, -0.2) is 67.2 Å². The predicted octanol–water partition coefficient (Wildman–Crippen LogP) is 2.17. The van der Waals surface area contributed by atoms with Crippen LogP contribution in [0, 0.1) is 0 Å². The van der Waals surface area contributed by atoms with Crippen LogP contribution in [-0.2, 0) is 14.2 Å². The number of carbonyl (C=O) groups is 3. The lowest BCUT2D eigenvalue weighted by molar-refractivity contribution is -0.248. The monoisotopic (exact) mass is 504 g/mol. The Hall–Kier alpha value is -4.05. The van der Waals surface area contributed by atoms with Crippen LogP contribution in [0.25, 0.3) is 0 Å². The lowest BCUT2D eigenvalue weighted by Gasteiger charge is -2.44. The normalized spacial score (nSPS) is 23.0. The largest absolute Gasteiger partial charge is 0.453 e. The minimum atomic E-state index is -1.50. The third-order valence-electron chi connectivity index (χ3n) is 6.02. The molecule has 5 atom stereocenters. The number of methoxy groups -OCH3 is 1. The second kappa shape index (κ2) is 12.3. The summed E-state index contributed by atoms with van der Waals surface area (Å²) < 4.78 is 17.2. The Morgan fingerprint density at radius 2 is 1.30 bits per heavy atom. The van der Waals surface area contributed by atoms with Crippen LogP contribution >= 0.6 is 0 Å². The summed E-state index contributed by atoms with van der Waals surface area (Å²) in [6.45, 7) is -0.0866.